The number of pyridine rings is 1. The molecule has 0 spiro atoms. The average Bonchev–Trinajstić information content (AvgIpc) is 2.56. The van der Waals surface area contributed by atoms with Crippen molar-refractivity contribution in [1.82, 2.24) is 5.32 Å². The van der Waals surface area contributed by atoms with Crippen LogP contribution in [0.1, 0.15) is 51.9 Å². The topological polar surface area (TPSA) is 103 Å². The monoisotopic (exact) mass is 386 g/mol. The van der Waals surface area contributed by atoms with E-state index in [1.165, 1.54) is 25.7 Å². The van der Waals surface area contributed by atoms with E-state index >= 15 is 0 Å². The predicted octanol–water partition coefficient (Wildman–Crippen LogP) is 2.37. The van der Waals surface area contributed by atoms with Crippen molar-refractivity contribution in [3.05, 3.63) is 30.6 Å². The molecule has 0 aliphatic heterocycles. The average molecular weight is 386 g/mol. The SMILES string of the molecule is CCCCCCCCCNC(=O)OC(C[n+]1ccccc1)CP(=O)([O-])O. The number of alkyl carbamates (subject to hydrolysis) is 1. The summed E-state index contributed by atoms with van der Waals surface area (Å²) < 4.78 is 18.1. The molecule has 1 amide bonds. The third-order valence-electron chi connectivity index (χ3n) is 3.95. The first kappa shape index (κ1) is 22.6. The molecule has 0 aliphatic carbocycles. The van der Waals surface area contributed by atoms with Gasteiger partial charge < -0.3 is 24.4 Å². The maximum atomic E-state index is 11.9. The van der Waals surface area contributed by atoms with Gasteiger partial charge in [-0.25, -0.2) is 9.36 Å². The Labute approximate surface area is 155 Å². The van der Waals surface area contributed by atoms with Crippen molar-refractivity contribution in [1.29, 1.82) is 0 Å². The Kier molecular flexibility index (Phi) is 11.2. The van der Waals surface area contributed by atoms with Gasteiger partial charge in [0.15, 0.2) is 25.0 Å². The zero-order valence-electron chi connectivity index (χ0n) is 15.5. The molecule has 1 heterocycles. The first-order valence-corrected chi connectivity index (χ1v) is 11.1. The molecule has 2 unspecified atom stereocenters. The molecule has 0 bridgehead atoms. The van der Waals surface area contributed by atoms with Crippen molar-refractivity contribution in [2.45, 2.75) is 64.5 Å². The molecule has 0 aromatic carbocycles. The van der Waals surface area contributed by atoms with E-state index < -0.39 is 26.0 Å². The highest BCUT2D eigenvalue weighted by molar-refractivity contribution is 7.50. The third-order valence-corrected chi connectivity index (χ3v) is 4.82. The van der Waals surface area contributed by atoms with Crippen LogP contribution >= 0.6 is 7.60 Å². The number of nitrogens with one attached hydrogen (secondary N) is 1. The molecular weight excluding hydrogens is 355 g/mol. The molecule has 0 saturated carbocycles. The third kappa shape index (κ3) is 12.0. The fraction of sp³-hybridized carbons (Fsp3) is 0.667. The van der Waals surface area contributed by atoms with Gasteiger partial charge in [-0.2, -0.15) is 0 Å². The summed E-state index contributed by atoms with van der Waals surface area (Å²) in [6.45, 7) is 2.83. The van der Waals surface area contributed by atoms with Gasteiger partial charge in [0.25, 0.3) is 0 Å². The number of carbonyl (C=O) groups excluding carboxylic acids is 1. The quantitative estimate of drug-likeness (QED) is 0.308. The smallest absolute Gasteiger partial charge is 0.407 e. The second-order valence-electron chi connectivity index (χ2n) is 6.47. The van der Waals surface area contributed by atoms with Crippen LogP contribution in [0.25, 0.3) is 0 Å². The van der Waals surface area contributed by atoms with Crippen LogP contribution in [0.2, 0.25) is 0 Å². The molecule has 1 aromatic rings. The van der Waals surface area contributed by atoms with Crippen molar-refractivity contribution in [3.63, 3.8) is 0 Å². The minimum Gasteiger partial charge on any atom is -0.779 e. The highest BCUT2D eigenvalue weighted by atomic mass is 31.2. The van der Waals surface area contributed by atoms with Crippen LogP contribution in [0, 0.1) is 0 Å². The molecule has 148 valence electrons. The van der Waals surface area contributed by atoms with E-state index in [2.05, 4.69) is 12.2 Å². The number of hydrogen-bond donors (Lipinski definition) is 2. The number of aromatic nitrogens is 1. The van der Waals surface area contributed by atoms with E-state index in [1.54, 1.807) is 29.1 Å². The minimum absolute atomic E-state index is 0.151. The summed E-state index contributed by atoms with van der Waals surface area (Å²) in [5.41, 5.74) is 0. The van der Waals surface area contributed by atoms with E-state index in [1.807, 2.05) is 6.07 Å². The molecule has 26 heavy (non-hydrogen) atoms. The summed E-state index contributed by atoms with van der Waals surface area (Å²) in [5.74, 6) is 0. The largest absolute Gasteiger partial charge is 0.779 e. The normalized spacial score (nSPS) is 14.4. The first-order valence-electron chi connectivity index (χ1n) is 9.32. The van der Waals surface area contributed by atoms with Crippen molar-refractivity contribution < 1.29 is 28.5 Å². The number of nitrogens with zero attached hydrogens (tertiary/aromatic N) is 1. The summed E-state index contributed by atoms with van der Waals surface area (Å²) >= 11 is 0. The van der Waals surface area contributed by atoms with Gasteiger partial charge in [-0.1, -0.05) is 51.5 Å². The second kappa shape index (κ2) is 12.8. The number of amides is 1. The number of hydrogen-bond acceptors (Lipinski definition) is 4. The van der Waals surface area contributed by atoms with Crippen molar-refractivity contribution >= 4 is 13.7 Å². The summed E-state index contributed by atoms with van der Waals surface area (Å²) in [4.78, 5) is 32.2. The maximum absolute atomic E-state index is 11.9. The number of rotatable bonds is 13. The zero-order chi connectivity index (χ0) is 19.3. The van der Waals surface area contributed by atoms with E-state index in [4.69, 9.17) is 9.63 Å². The van der Waals surface area contributed by atoms with Crippen molar-refractivity contribution in [2.24, 2.45) is 0 Å². The molecule has 8 heteroatoms. The standard InChI is InChI=1S/C18H31N2O5P/c1-2-3-4-5-6-7-9-12-19-18(21)25-17(16-26(22,23)24)15-20-13-10-8-11-14-20/h8,10-11,13-14,17H,2-7,9,12,15-16H2,1H3,(H2-,19,21,22,23,24). The van der Waals surface area contributed by atoms with Gasteiger partial charge in [0.2, 0.25) is 0 Å². The van der Waals surface area contributed by atoms with Gasteiger partial charge in [-0.05, 0) is 6.42 Å². The van der Waals surface area contributed by atoms with Gasteiger partial charge in [0.05, 0.1) is 6.16 Å². The molecule has 2 N–H and O–H groups in total. The van der Waals surface area contributed by atoms with Crippen LogP contribution in [0.3, 0.4) is 0 Å². The van der Waals surface area contributed by atoms with E-state index in [-0.39, 0.29) is 6.54 Å². The molecule has 2 atom stereocenters. The highest BCUT2D eigenvalue weighted by Gasteiger charge is 2.23. The Bertz CT molecular complexity index is 550. The van der Waals surface area contributed by atoms with Crippen molar-refractivity contribution in [3.8, 4) is 0 Å². The van der Waals surface area contributed by atoms with Gasteiger partial charge >= 0.3 is 6.09 Å². The molecule has 1 aromatic heterocycles. The molecule has 0 radical (unpaired) electrons. The Morgan fingerprint density at radius 2 is 1.77 bits per heavy atom. The number of ether oxygens (including phenoxy) is 1. The first-order chi connectivity index (χ1) is 12.4. The zero-order valence-corrected chi connectivity index (χ0v) is 16.4. The lowest BCUT2D eigenvalue weighted by Crippen LogP contribution is -2.44. The summed E-state index contributed by atoms with van der Waals surface area (Å²) in [6.07, 6.45) is 9.24. The fourth-order valence-corrected chi connectivity index (χ4v) is 3.35. The summed E-state index contributed by atoms with van der Waals surface area (Å²) in [7, 11) is -4.53. The summed E-state index contributed by atoms with van der Waals surface area (Å²) in [6, 6.07) is 5.40. The maximum Gasteiger partial charge on any atom is 0.407 e. The molecule has 0 aliphatic rings. The Morgan fingerprint density at radius 1 is 1.15 bits per heavy atom. The lowest BCUT2D eigenvalue weighted by atomic mass is 10.1. The van der Waals surface area contributed by atoms with Crippen molar-refractivity contribution in [2.75, 3.05) is 12.7 Å². The van der Waals surface area contributed by atoms with Gasteiger partial charge in [0, 0.05) is 18.7 Å². The van der Waals surface area contributed by atoms with Crippen LogP contribution in [0.5, 0.6) is 0 Å². The Morgan fingerprint density at radius 3 is 2.38 bits per heavy atom. The molecular formula is C18H31N2O5P. The van der Waals surface area contributed by atoms with E-state index in [0.717, 1.165) is 19.3 Å². The minimum atomic E-state index is -4.53. The molecule has 7 nitrogen and oxygen atoms in total. The Hall–Kier alpha value is -1.43. The van der Waals surface area contributed by atoms with E-state index in [9.17, 15) is 14.3 Å². The van der Waals surface area contributed by atoms with Gasteiger partial charge in [0.1, 0.15) is 7.60 Å². The molecule has 0 saturated heterocycles. The molecule has 0 fully saturated rings. The molecule has 1 rings (SSSR count). The van der Waals surface area contributed by atoms with Gasteiger partial charge in [-0.15, -0.1) is 0 Å². The Balaban J connectivity index is 2.32. The van der Waals surface area contributed by atoms with E-state index in [0.29, 0.717) is 6.54 Å². The van der Waals surface area contributed by atoms with Crippen LogP contribution in [-0.2, 0) is 15.8 Å². The van der Waals surface area contributed by atoms with Crippen LogP contribution in [0.15, 0.2) is 30.6 Å². The van der Waals surface area contributed by atoms with Crippen LogP contribution in [-0.4, -0.2) is 29.8 Å². The predicted molar refractivity (Wildman–Crippen MR) is 97.6 cm³/mol. The lowest BCUT2D eigenvalue weighted by molar-refractivity contribution is -0.702. The number of unbranched alkanes of at least 4 members (excludes halogenated alkanes) is 6. The second-order valence-corrected chi connectivity index (χ2v) is 8.11. The fourth-order valence-electron chi connectivity index (χ4n) is 2.65. The number of carbonyl (C=O) groups is 1. The lowest BCUT2D eigenvalue weighted by Gasteiger charge is -2.21. The van der Waals surface area contributed by atoms with Crippen LogP contribution in [0.4, 0.5) is 4.79 Å². The summed E-state index contributed by atoms with van der Waals surface area (Å²) in [5, 5.41) is 2.64. The van der Waals surface area contributed by atoms with Crippen LogP contribution < -0.4 is 14.8 Å². The van der Waals surface area contributed by atoms with Gasteiger partial charge in [-0.3, -0.25) is 0 Å². The highest BCUT2D eigenvalue weighted by Crippen LogP contribution is 2.30.